The largest absolute Gasteiger partial charge is 0.493 e. The molecule has 0 N–H and O–H groups in total. The van der Waals surface area contributed by atoms with Gasteiger partial charge in [-0.25, -0.2) is 4.57 Å². The molecule has 0 saturated heterocycles. The number of benzene rings is 3. The van der Waals surface area contributed by atoms with Gasteiger partial charge < -0.3 is 9.47 Å². The highest BCUT2D eigenvalue weighted by Gasteiger charge is 2.39. The molecule has 0 fully saturated rings. The Labute approximate surface area is 208 Å². The van der Waals surface area contributed by atoms with Crippen LogP contribution in [0.1, 0.15) is 57.6 Å². The molecule has 1 aliphatic heterocycles. The summed E-state index contributed by atoms with van der Waals surface area (Å²) >= 11 is 0. The maximum absolute atomic E-state index is 5.66. The van der Waals surface area contributed by atoms with Crippen molar-refractivity contribution in [2.24, 2.45) is 0 Å². The lowest BCUT2D eigenvalue weighted by Gasteiger charge is -2.25. The molecule has 5 nitrogen and oxygen atoms in total. The normalized spacial score (nSPS) is 14.9. The third-order valence-electron chi connectivity index (χ3n) is 7.00. The van der Waals surface area contributed by atoms with Gasteiger partial charge in [0.15, 0.2) is 11.5 Å². The van der Waals surface area contributed by atoms with Crippen LogP contribution in [-0.2, 0) is 6.42 Å². The summed E-state index contributed by atoms with van der Waals surface area (Å²) in [6.45, 7) is 8.75. The van der Waals surface area contributed by atoms with Gasteiger partial charge in [0.1, 0.15) is 0 Å². The van der Waals surface area contributed by atoms with Gasteiger partial charge in [-0.05, 0) is 57.4 Å². The molecule has 1 aromatic heterocycles. The second-order valence-electron chi connectivity index (χ2n) is 9.82. The zero-order valence-corrected chi connectivity index (χ0v) is 21.5. The van der Waals surface area contributed by atoms with E-state index in [1.54, 1.807) is 14.2 Å². The average Bonchev–Trinajstić information content (AvgIpc) is 3.39. The summed E-state index contributed by atoms with van der Waals surface area (Å²) in [6.07, 6.45) is 4.10. The fourth-order valence-electron chi connectivity index (χ4n) is 5.77. The zero-order chi connectivity index (χ0) is 24.7. The summed E-state index contributed by atoms with van der Waals surface area (Å²) in [4.78, 5) is 0. The Morgan fingerprint density at radius 3 is 1.83 bits per heavy atom. The van der Waals surface area contributed by atoms with Crippen LogP contribution in [0.15, 0.2) is 60.9 Å². The molecule has 35 heavy (non-hydrogen) atoms. The molecule has 1 aliphatic rings. The first-order chi connectivity index (χ1) is 16.9. The average molecular weight is 469 g/mol. The first kappa shape index (κ1) is 23.2. The maximum atomic E-state index is 5.66. The minimum atomic E-state index is 0.232. The van der Waals surface area contributed by atoms with E-state index in [0.29, 0.717) is 0 Å². The van der Waals surface area contributed by atoms with Crippen LogP contribution in [-0.4, -0.2) is 24.0 Å². The summed E-state index contributed by atoms with van der Waals surface area (Å²) in [7, 11) is 3.36. The van der Waals surface area contributed by atoms with Crippen LogP contribution in [0.3, 0.4) is 0 Å². The third kappa shape index (κ3) is 4.31. The summed E-state index contributed by atoms with van der Waals surface area (Å²) < 4.78 is 15.6. The molecule has 0 bridgehead atoms. The molecule has 180 valence electrons. The van der Waals surface area contributed by atoms with Crippen LogP contribution in [0.4, 0.5) is 0 Å². The molecule has 1 unspecified atom stereocenters. The number of rotatable bonds is 6. The van der Waals surface area contributed by atoms with E-state index in [9.17, 15) is 0 Å². The predicted octanol–water partition coefficient (Wildman–Crippen LogP) is 5.73. The van der Waals surface area contributed by atoms with Gasteiger partial charge >= 0.3 is 0 Å². The molecule has 1 atom stereocenters. The molecule has 0 radical (unpaired) electrons. The number of aromatic nitrogens is 3. The lowest BCUT2D eigenvalue weighted by atomic mass is 9.82. The number of aryl methyl sites for hydroxylation is 5. The molecule has 4 aromatic rings. The number of hydrogen-bond acceptors (Lipinski definition) is 3. The Morgan fingerprint density at radius 1 is 0.829 bits per heavy atom. The second kappa shape index (κ2) is 9.21. The highest BCUT2D eigenvalue weighted by atomic mass is 16.5. The van der Waals surface area contributed by atoms with Crippen LogP contribution >= 0.6 is 0 Å². The second-order valence-corrected chi connectivity index (χ2v) is 9.82. The first-order valence-corrected chi connectivity index (χ1v) is 12.3. The van der Waals surface area contributed by atoms with Gasteiger partial charge in [0.05, 0.1) is 20.3 Å². The van der Waals surface area contributed by atoms with E-state index >= 15 is 0 Å². The molecular formula is C30H34N3O2+. The van der Waals surface area contributed by atoms with Crippen molar-refractivity contribution in [3.63, 3.8) is 0 Å². The Bertz CT molecular complexity index is 1270. The number of hydrogen-bond donors (Lipinski definition) is 0. The first-order valence-electron chi connectivity index (χ1n) is 12.3. The van der Waals surface area contributed by atoms with Crippen LogP contribution in [0, 0.1) is 27.7 Å². The summed E-state index contributed by atoms with van der Waals surface area (Å²) in [5, 5.41) is 4.99. The SMILES string of the molecule is COc1cccc(OC)c1-n1c[n+]2c(n1)CCC2C(c1cc(C)cc(C)c1)c1cc(C)cc(C)c1. The van der Waals surface area contributed by atoms with Gasteiger partial charge in [-0.2, -0.15) is 0 Å². The van der Waals surface area contributed by atoms with Gasteiger partial charge in [-0.1, -0.05) is 69.4 Å². The molecule has 0 saturated carbocycles. The zero-order valence-electron chi connectivity index (χ0n) is 21.5. The standard InChI is InChI=1S/C30H34N3O2/c1-19-12-20(2)15-23(14-19)29(24-16-21(3)13-22(4)17-24)25-10-11-28-31-33(18-32(25)28)30-26(34-5)8-7-9-27(30)35-6/h7-9,12-18,25,29H,10-11H2,1-6H3/q+1. The smallest absolute Gasteiger partial charge is 0.278 e. The number of ether oxygens (including phenoxy) is 2. The molecule has 5 heteroatoms. The van der Waals surface area contributed by atoms with Gasteiger partial charge in [0.2, 0.25) is 12.0 Å². The molecule has 2 heterocycles. The van der Waals surface area contributed by atoms with Crippen molar-refractivity contribution in [1.29, 1.82) is 0 Å². The van der Waals surface area contributed by atoms with Crippen molar-refractivity contribution < 1.29 is 14.0 Å². The molecule has 0 aliphatic carbocycles. The summed E-state index contributed by atoms with van der Waals surface area (Å²) in [5.41, 5.74) is 8.74. The van der Waals surface area contributed by atoms with Crippen LogP contribution in [0.5, 0.6) is 11.5 Å². The monoisotopic (exact) mass is 468 g/mol. The van der Waals surface area contributed by atoms with E-state index in [1.807, 2.05) is 22.9 Å². The summed E-state index contributed by atoms with van der Waals surface area (Å²) in [5.74, 6) is 2.79. The van der Waals surface area contributed by atoms with Crippen LogP contribution in [0.25, 0.3) is 5.69 Å². The summed E-state index contributed by atoms with van der Waals surface area (Å²) in [6, 6.07) is 20.0. The highest BCUT2D eigenvalue weighted by molar-refractivity contribution is 5.56. The van der Waals surface area contributed by atoms with E-state index in [1.165, 1.54) is 33.4 Å². The Kier molecular flexibility index (Phi) is 6.10. The topological polar surface area (TPSA) is 40.2 Å². The number of nitrogens with zero attached hydrogens (tertiary/aromatic N) is 3. The minimum absolute atomic E-state index is 0.232. The van der Waals surface area contributed by atoms with Crippen molar-refractivity contribution in [3.8, 4) is 17.2 Å². The molecule has 0 amide bonds. The highest BCUT2D eigenvalue weighted by Crippen LogP contribution is 2.40. The lowest BCUT2D eigenvalue weighted by Crippen LogP contribution is -2.40. The fourth-order valence-corrected chi connectivity index (χ4v) is 5.77. The Hall–Kier alpha value is -3.60. The van der Waals surface area contributed by atoms with E-state index in [2.05, 4.69) is 75.0 Å². The number of para-hydroxylation sites is 1. The minimum Gasteiger partial charge on any atom is -0.493 e. The molecule has 5 rings (SSSR count). The van der Waals surface area contributed by atoms with Crippen molar-refractivity contribution in [2.45, 2.75) is 52.5 Å². The van der Waals surface area contributed by atoms with E-state index < -0.39 is 0 Å². The third-order valence-corrected chi connectivity index (χ3v) is 7.00. The Balaban J connectivity index is 1.66. The van der Waals surface area contributed by atoms with E-state index in [4.69, 9.17) is 14.6 Å². The number of fused-ring (bicyclic) bond motifs is 1. The maximum Gasteiger partial charge on any atom is 0.278 e. The molecular weight excluding hydrogens is 434 g/mol. The van der Waals surface area contributed by atoms with Gasteiger partial charge in [0, 0.05) is 17.4 Å². The van der Waals surface area contributed by atoms with Crippen LogP contribution in [0.2, 0.25) is 0 Å². The van der Waals surface area contributed by atoms with Crippen molar-refractivity contribution in [1.82, 2.24) is 9.78 Å². The fraction of sp³-hybridized carbons (Fsp3) is 0.333. The van der Waals surface area contributed by atoms with Crippen molar-refractivity contribution >= 4 is 0 Å². The van der Waals surface area contributed by atoms with Crippen molar-refractivity contribution in [3.05, 3.63) is 100 Å². The van der Waals surface area contributed by atoms with E-state index in [0.717, 1.165) is 35.9 Å². The van der Waals surface area contributed by atoms with Crippen molar-refractivity contribution in [2.75, 3.05) is 14.2 Å². The molecule has 3 aromatic carbocycles. The van der Waals surface area contributed by atoms with Gasteiger partial charge in [-0.15, -0.1) is 0 Å². The predicted molar refractivity (Wildman–Crippen MR) is 138 cm³/mol. The Morgan fingerprint density at radius 2 is 1.34 bits per heavy atom. The van der Waals surface area contributed by atoms with Crippen LogP contribution < -0.4 is 14.0 Å². The lowest BCUT2D eigenvalue weighted by molar-refractivity contribution is -0.718. The van der Waals surface area contributed by atoms with E-state index in [-0.39, 0.29) is 12.0 Å². The number of methoxy groups -OCH3 is 2. The van der Waals surface area contributed by atoms with Gasteiger partial charge in [-0.3, -0.25) is 0 Å². The quantitative estimate of drug-likeness (QED) is 0.339. The molecule has 0 spiro atoms. The van der Waals surface area contributed by atoms with Gasteiger partial charge in [0.25, 0.3) is 5.82 Å².